The van der Waals surface area contributed by atoms with Crippen LogP contribution in [-0.4, -0.2) is 25.0 Å². The molecule has 2 atom stereocenters. The highest BCUT2D eigenvalue weighted by molar-refractivity contribution is 5.97. The van der Waals surface area contributed by atoms with Crippen LogP contribution in [-0.2, 0) is 9.59 Å². The van der Waals surface area contributed by atoms with Crippen molar-refractivity contribution in [3.05, 3.63) is 59.7 Å². The van der Waals surface area contributed by atoms with Crippen molar-refractivity contribution in [1.82, 2.24) is 5.32 Å². The number of amides is 2. The maximum Gasteiger partial charge on any atom is 0.227 e. The number of piperidine rings is 1. The van der Waals surface area contributed by atoms with Crippen LogP contribution in [0.5, 0.6) is 5.75 Å². The van der Waals surface area contributed by atoms with Crippen molar-refractivity contribution >= 4 is 17.5 Å². The molecule has 0 spiro atoms. The smallest absolute Gasteiger partial charge is 0.227 e. The van der Waals surface area contributed by atoms with Gasteiger partial charge in [0, 0.05) is 18.2 Å². The first-order chi connectivity index (χ1) is 14.6. The van der Waals surface area contributed by atoms with Gasteiger partial charge in [-0.2, -0.15) is 0 Å². The Morgan fingerprint density at radius 3 is 2.30 bits per heavy atom. The predicted octanol–water partition coefficient (Wildman–Crippen LogP) is 4.55. The van der Waals surface area contributed by atoms with E-state index in [1.807, 2.05) is 60.4 Å². The topological polar surface area (TPSA) is 58.6 Å². The quantitative estimate of drug-likeness (QED) is 0.793. The summed E-state index contributed by atoms with van der Waals surface area (Å²) >= 11 is 0. The molecule has 2 aromatic carbocycles. The monoisotopic (exact) mass is 406 g/mol. The first-order valence-electron chi connectivity index (χ1n) is 10.9. The Morgan fingerprint density at radius 2 is 1.67 bits per heavy atom. The maximum absolute atomic E-state index is 13.3. The molecule has 0 bridgehead atoms. The third-order valence-corrected chi connectivity index (χ3v) is 6.40. The fourth-order valence-corrected chi connectivity index (χ4v) is 4.74. The van der Waals surface area contributed by atoms with E-state index in [0.717, 1.165) is 35.4 Å². The number of aryl methyl sites for hydroxylation is 1. The number of rotatable bonds is 5. The zero-order valence-corrected chi connectivity index (χ0v) is 17.8. The van der Waals surface area contributed by atoms with Crippen LogP contribution >= 0.6 is 0 Å². The summed E-state index contributed by atoms with van der Waals surface area (Å²) in [5, 5.41) is 3.27. The van der Waals surface area contributed by atoms with Crippen molar-refractivity contribution in [3.63, 3.8) is 0 Å². The molecule has 30 heavy (non-hydrogen) atoms. The highest BCUT2D eigenvalue weighted by atomic mass is 16.5. The molecule has 1 aliphatic carbocycles. The number of carbonyl (C=O) groups is 2. The number of nitrogens with one attached hydrogen (secondary N) is 1. The second kappa shape index (κ2) is 8.90. The summed E-state index contributed by atoms with van der Waals surface area (Å²) in [7, 11) is 1.63. The zero-order valence-electron chi connectivity index (χ0n) is 17.8. The van der Waals surface area contributed by atoms with E-state index in [1.54, 1.807) is 7.11 Å². The van der Waals surface area contributed by atoms with Gasteiger partial charge in [-0.05, 0) is 56.0 Å². The number of benzene rings is 2. The van der Waals surface area contributed by atoms with Gasteiger partial charge in [-0.1, -0.05) is 42.7 Å². The fraction of sp³-hybridized carbons (Fsp3) is 0.440. The summed E-state index contributed by atoms with van der Waals surface area (Å²) in [6.07, 6.45) is 5.38. The molecule has 2 unspecified atom stereocenters. The number of methoxy groups -OCH3 is 1. The van der Waals surface area contributed by atoms with Crippen LogP contribution in [0.1, 0.15) is 55.7 Å². The Hall–Kier alpha value is -2.82. The van der Waals surface area contributed by atoms with Crippen LogP contribution in [0.25, 0.3) is 0 Å². The van der Waals surface area contributed by atoms with Gasteiger partial charge in [-0.15, -0.1) is 0 Å². The van der Waals surface area contributed by atoms with Gasteiger partial charge < -0.3 is 15.0 Å². The van der Waals surface area contributed by atoms with Gasteiger partial charge in [0.05, 0.1) is 19.1 Å². The molecule has 1 saturated carbocycles. The van der Waals surface area contributed by atoms with Gasteiger partial charge in [0.25, 0.3) is 0 Å². The number of carbonyl (C=O) groups excluding carboxylic acids is 2. The molecular weight excluding hydrogens is 376 g/mol. The van der Waals surface area contributed by atoms with Crippen molar-refractivity contribution in [1.29, 1.82) is 0 Å². The number of nitrogens with zero attached hydrogens (tertiary/aromatic N) is 1. The minimum atomic E-state index is -0.332. The van der Waals surface area contributed by atoms with E-state index in [4.69, 9.17) is 4.74 Å². The number of ether oxygens (including phenoxy) is 1. The van der Waals surface area contributed by atoms with Crippen LogP contribution in [0.3, 0.4) is 0 Å². The summed E-state index contributed by atoms with van der Waals surface area (Å²) in [6, 6.07) is 15.6. The Bertz CT molecular complexity index is 886. The lowest BCUT2D eigenvalue weighted by Gasteiger charge is -2.41. The first-order valence-corrected chi connectivity index (χ1v) is 10.9. The van der Waals surface area contributed by atoms with Gasteiger partial charge in [-0.3, -0.25) is 9.59 Å². The summed E-state index contributed by atoms with van der Waals surface area (Å²) in [4.78, 5) is 28.2. The predicted molar refractivity (Wildman–Crippen MR) is 118 cm³/mol. The van der Waals surface area contributed by atoms with Crippen molar-refractivity contribution < 1.29 is 14.3 Å². The van der Waals surface area contributed by atoms with E-state index in [1.165, 1.54) is 12.8 Å². The highest BCUT2D eigenvalue weighted by Gasteiger charge is 2.42. The molecule has 2 aliphatic rings. The highest BCUT2D eigenvalue weighted by Crippen LogP contribution is 2.40. The Balaban J connectivity index is 1.70. The molecular formula is C25H30N2O3. The maximum atomic E-state index is 13.3. The normalized spacial score (nSPS) is 22.2. The van der Waals surface area contributed by atoms with E-state index in [2.05, 4.69) is 5.32 Å². The minimum Gasteiger partial charge on any atom is -0.497 e. The molecule has 2 amide bonds. The molecule has 4 rings (SSSR count). The van der Waals surface area contributed by atoms with Gasteiger partial charge in [-0.25, -0.2) is 0 Å². The van der Waals surface area contributed by atoms with Crippen LogP contribution in [0.4, 0.5) is 5.69 Å². The van der Waals surface area contributed by atoms with E-state index >= 15 is 0 Å². The molecule has 5 heteroatoms. The second-order valence-corrected chi connectivity index (χ2v) is 8.45. The number of hydrogen-bond donors (Lipinski definition) is 1. The summed E-state index contributed by atoms with van der Waals surface area (Å²) in [5.41, 5.74) is 2.93. The van der Waals surface area contributed by atoms with Crippen molar-refractivity contribution in [3.8, 4) is 5.75 Å². The molecule has 1 heterocycles. The van der Waals surface area contributed by atoms with E-state index in [-0.39, 0.29) is 29.8 Å². The first kappa shape index (κ1) is 20.5. The van der Waals surface area contributed by atoms with Crippen LogP contribution < -0.4 is 15.0 Å². The lowest BCUT2D eigenvalue weighted by Crippen LogP contribution is -2.49. The van der Waals surface area contributed by atoms with E-state index < -0.39 is 0 Å². The summed E-state index contributed by atoms with van der Waals surface area (Å²) in [6.45, 7) is 2.03. The molecule has 2 aromatic rings. The van der Waals surface area contributed by atoms with E-state index in [0.29, 0.717) is 12.8 Å². The van der Waals surface area contributed by atoms with Crippen molar-refractivity contribution in [2.24, 2.45) is 5.92 Å². The van der Waals surface area contributed by atoms with Crippen LogP contribution in [0.15, 0.2) is 48.5 Å². The zero-order chi connectivity index (χ0) is 21.1. The van der Waals surface area contributed by atoms with E-state index in [9.17, 15) is 9.59 Å². The number of anilines is 1. The Morgan fingerprint density at radius 1 is 1.00 bits per heavy atom. The lowest BCUT2D eigenvalue weighted by molar-refractivity contribution is -0.129. The standard InChI is InChI=1S/C25H30N2O3/c1-17-7-11-20(12-8-17)27-23(28)16-15-22(25(29)26-19-5-3-4-6-19)24(27)18-9-13-21(30-2)14-10-18/h7-14,19,22,24H,3-6,15-16H2,1-2H3,(H,26,29). The summed E-state index contributed by atoms with van der Waals surface area (Å²) in [5.74, 6) is 0.602. The number of hydrogen-bond acceptors (Lipinski definition) is 3. The van der Waals surface area contributed by atoms with Crippen LogP contribution in [0, 0.1) is 12.8 Å². The van der Waals surface area contributed by atoms with Gasteiger partial charge >= 0.3 is 0 Å². The molecule has 2 fully saturated rings. The molecule has 0 aromatic heterocycles. The fourth-order valence-electron chi connectivity index (χ4n) is 4.74. The van der Waals surface area contributed by atoms with Gasteiger partial charge in [0.1, 0.15) is 5.75 Å². The van der Waals surface area contributed by atoms with Gasteiger partial charge in [0.15, 0.2) is 0 Å². The van der Waals surface area contributed by atoms with Gasteiger partial charge in [0.2, 0.25) is 11.8 Å². The molecule has 1 saturated heterocycles. The molecule has 5 nitrogen and oxygen atoms in total. The average molecular weight is 407 g/mol. The van der Waals surface area contributed by atoms with Crippen molar-refractivity contribution in [2.45, 2.75) is 57.5 Å². The molecule has 1 aliphatic heterocycles. The largest absolute Gasteiger partial charge is 0.497 e. The molecule has 0 radical (unpaired) electrons. The third-order valence-electron chi connectivity index (χ3n) is 6.40. The SMILES string of the molecule is COc1ccc(C2C(C(=O)NC3CCCC3)CCC(=O)N2c2ccc(C)cc2)cc1. The third kappa shape index (κ3) is 4.20. The second-order valence-electron chi connectivity index (χ2n) is 8.45. The lowest BCUT2D eigenvalue weighted by atomic mass is 9.83. The minimum absolute atomic E-state index is 0.0598. The average Bonchev–Trinajstić information content (AvgIpc) is 3.27. The Labute approximate surface area is 178 Å². The molecule has 1 N–H and O–H groups in total. The Kier molecular flexibility index (Phi) is 6.07. The van der Waals surface area contributed by atoms with Crippen molar-refractivity contribution in [2.75, 3.05) is 12.0 Å². The van der Waals surface area contributed by atoms with Crippen LogP contribution in [0.2, 0.25) is 0 Å². The molecule has 158 valence electrons. The summed E-state index contributed by atoms with van der Waals surface area (Å²) < 4.78 is 5.31.